The number of carbonyl (C=O) groups excluding carboxylic acids is 1. The zero-order valence-electron chi connectivity index (χ0n) is 17.9. The van der Waals surface area contributed by atoms with Crippen LogP contribution in [0.25, 0.3) is 11.4 Å². The minimum absolute atomic E-state index is 0.184. The predicted octanol–water partition coefficient (Wildman–Crippen LogP) is 3.63. The van der Waals surface area contributed by atoms with Gasteiger partial charge in [0.1, 0.15) is 0 Å². The van der Waals surface area contributed by atoms with Crippen molar-refractivity contribution in [2.24, 2.45) is 0 Å². The van der Waals surface area contributed by atoms with E-state index in [4.69, 9.17) is 0 Å². The van der Waals surface area contributed by atoms with Gasteiger partial charge in [-0.3, -0.25) is 9.78 Å². The second kappa shape index (κ2) is 9.82. The minimum atomic E-state index is -0.489. The van der Waals surface area contributed by atoms with Crippen molar-refractivity contribution in [3.63, 3.8) is 0 Å². The highest BCUT2D eigenvalue weighted by atomic mass is 19.1. The Morgan fingerprint density at radius 1 is 1.12 bits per heavy atom. The van der Waals surface area contributed by atoms with Crippen LogP contribution in [0.4, 0.5) is 10.1 Å². The van der Waals surface area contributed by atoms with Crippen molar-refractivity contribution >= 4 is 11.6 Å². The largest absolute Gasteiger partial charge is 0.391 e. The minimum Gasteiger partial charge on any atom is -0.391 e. The fourth-order valence-corrected chi connectivity index (χ4v) is 3.85. The summed E-state index contributed by atoms with van der Waals surface area (Å²) < 4.78 is 13.1. The van der Waals surface area contributed by atoms with E-state index in [1.807, 2.05) is 25.1 Å². The van der Waals surface area contributed by atoms with Crippen molar-refractivity contribution in [3.8, 4) is 11.4 Å². The molecule has 166 valence electrons. The van der Waals surface area contributed by atoms with Crippen molar-refractivity contribution in [2.45, 2.75) is 51.3 Å². The van der Waals surface area contributed by atoms with Crippen molar-refractivity contribution < 1.29 is 14.3 Å². The van der Waals surface area contributed by atoms with Crippen LogP contribution >= 0.6 is 0 Å². The van der Waals surface area contributed by atoms with Gasteiger partial charge in [-0.2, -0.15) is 0 Å². The molecule has 1 aliphatic rings. The summed E-state index contributed by atoms with van der Waals surface area (Å²) in [6.07, 6.45) is 8.66. The topological polar surface area (TPSA) is 100 Å². The molecule has 2 heterocycles. The van der Waals surface area contributed by atoms with Crippen LogP contribution in [0.2, 0.25) is 0 Å². The Balaban J connectivity index is 1.44. The molecule has 3 aromatic rings. The number of aryl methyl sites for hydroxylation is 1. The van der Waals surface area contributed by atoms with Crippen molar-refractivity contribution in [1.29, 1.82) is 0 Å². The van der Waals surface area contributed by atoms with Gasteiger partial charge in [0.05, 0.1) is 24.5 Å². The van der Waals surface area contributed by atoms with Gasteiger partial charge >= 0.3 is 0 Å². The lowest BCUT2D eigenvalue weighted by Gasteiger charge is -2.28. The first-order valence-corrected chi connectivity index (χ1v) is 10.7. The highest BCUT2D eigenvalue weighted by molar-refractivity contribution is 5.95. The summed E-state index contributed by atoms with van der Waals surface area (Å²) in [7, 11) is 0. The Bertz CT molecular complexity index is 1090. The number of aromatic nitrogens is 3. The third-order valence-corrected chi connectivity index (χ3v) is 5.70. The number of aliphatic hydroxyl groups is 1. The predicted molar refractivity (Wildman–Crippen MR) is 119 cm³/mol. The zero-order chi connectivity index (χ0) is 22.5. The standard InChI is InChI=1S/C24H26FN5O2/c1-15-6-7-17(24(32)30-20-4-2-3-5-22(20)31)9-21(15)27-11-16-8-18(12-26-10-16)23-28-13-19(25)14-29-23/h6-10,12-14,20,22,27,31H,2-5,11H2,1H3,(H,30,32)/t20-,22-/m0/s1. The summed E-state index contributed by atoms with van der Waals surface area (Å²) in [6, 6.07) is 7.20. The van der Waals surface area contributed by atoms with E-state index in [-0.39, 0.29) is 11.9 Å². The smallest absolute Gasteiger partial charge is 0.251 e. The van der Waals surface area contributed by atoms with Gasteiger partial charge < -0.3 is 15.7 Å². The number of aliphatic hydroxyl groups excluding tert-OH is 1. The van der Waals surface area contributed by atoms with Crippen LogP contribution in [0, 0.1) is 12.7 Å². The lowest BCUT2D eigenvalue weighted by molar-refractivity contribution is 0.0717. The van der Waals surface area contributed by atoms with E-state index >= 15 is 0 Å². The SMILES string of the molecule is Cc1ccc(C(=O)N[C@H]2CCCC[C@@H]2O)cc1NCc1cncc(-c2ncc(F)cn2)c1. The number of hydrogen-bond acceptors (Lipinski definition) is 6. The molecule has 1 saturated carbocycles. The number of anilines is 1. The van der Waals surface area contributed by atoms with Crippen molar-refractivity contribution in [3.05, 3.63) is 71.6 Å². The van der Waals surface area contributed by atoms with Crippen LogP contribution in [-0.2, 0) is 6.54 Å². The summed E-state index contributed by atoms with van der Waals surface area (Å²) in [5.74, 6) is -0.270. The molecule has 1 fully saturated rings. The van der Waals surface area contributed by atoms with Gasteiger partial charge in [-0.05, 0) is 49.1 Å². The summed E-state index contributed by atoms with van der Waals surface area (Å²) in [5, 5.41) is 16.5. The molecule has 2 aromatic heterocycles. The second-order valence-electron chi connectivity index (χ2n) is 8.12. The Morgan fingerprint density at radius 3 is 2.69 bits per heavy atom. The second-order valence-corrected chi connectivity index (χ2v) is 8.12. The number of nitrogens with zero attached hydrogens (tertiary/aromatic N) is 3. The van der Waals surface area contributed by atoms with E-state index < -0.39 is 11.9 Å². The summed E-state index contributed by atoms with van der Waals surface area (Å²) in [4.78, 5) is 25.0. The monoisotopic (exact) mass is 435 g/mol. The molecule has 0 unspecified atom stereocenters. The number of rotatable bonds is 6. The molecule has 32 heavy (non-hydrogen) atoms. The molecular weight excluding hydrogens is 409 g/mol. The molecule has 1 aromatic carbocycles. The van der Waals surface area contributed by atoms with Gasteiger partial charge in [0, 0.05) is 35.8 Å². The lowest BCUT2D eigenvalue weighted by atomic mass is 9.92. The summed E-state index contributed by atoms with van der Waals surface area (Å²) in [5.41, 5.74) is 3.98. The van der Waals surface area contributed by atoms with Crippen molar-refractivity contribution in [1.82, 2.24) is 20.3 Å². The highest BCUT2D eigenvalue weighted by Crippen LogP contribution is 2.22. The molecule has 2 atom stereocenters. The van der Waals surface area contributed by atoms with Crippen LogP contribution in [0.1, 0.15) is 47.2 Å². The Labute approximate surface area is 186 Å². The molecule has 0 spiro atoms. The van der Waals surface area contributed by atoms with E-state index in [9.17, 15) is 14.3 Å². The molecule has 0 bridgehead atoms. The maximum atomic E-state index is 13.1. The first kappa shape index (κ1) is 21.8. The summed E-state index contributed by atoms with van der Waals surface area (Å²) in [6.45, 7) is 2.45. The maximum Gasteiger partial charge on any atom is 0.251 e. The highest BCUT2D eigenvalue weighted by Gasteiger charge is 2.25. The number of pyridine rings is 1. The first-order chi connectivity index (χ1) is 15.5. The quantitative estimate of drug-likeness (QED) is 0.547. The number of carbonyl (C=O) groups is 1. The summed E-state index contributed by atoms with van der Waals surface area (Å²) >= 11 is 0. The number of benzene rings is 1. The average Bonchev–Trinajstić information content (AvgIpc) is 2.80. The lowest BCUT2D eigenvalue weighted by Crippen LogP contribution is -2.45. The number of amides is 1. The zero-order valence-corrected chi connectivity index (χ0v) is 17.9. The molecule has 8 heteroatoms. The number of nitrogens with one attached hydrogen (secondary N) is 2. The van der Waals surface area contributed by atoms with Crippen LogP contribution in [0.5, 0.6) is 0 Å². The van der Waals surface area contributed by atoms with Gasteiger partial charge in [0.15, 0.2) is 11.6 Å². The maximum absolute atomic E-state index is 13.1. The van der Waals surface area contributed by atoms with Gasteiger partial charge in [-0.1, -0.05) is 18.9 Å². The Kier molecular flexibility index (Phi) is 6.70. The molecule has 3 N–H and O–H groups in total. The fourth-order valence-electron chi connectivity index (χ4n) is 3.85. The van der Waals surface area contributed by atoms with E-state index in [1.165, 1.54) is 0 Å². The third kappa shape index (κ3) is 5.26. The molecule has 0 saturated heterocycles. The number of halogens is 1. The van der Waals surface area contributed by atoms with Crippen LogP contribution in [0.3, 0.4) is 0 Å². The molecule has 0 aliphatic heterocycles. The Morgan fingerprint density at radius 2 is 1.91 bits per heavy atom. The Hall–Kier alpha value is -3.39. The normalized spacial score (nSPS) is 18.2. The molecule has 7 nitrogen and oxygen atoms in total. The van der Waals surface area contributed by atoms with Crippen LogP contribution in [-0.4, -0.2) is 38.1 Å². The van der Waals surface area contributed by atoms with Gasteiger partial charge in [-0.25, -0.2) is 14.4 Å². The van der Waals surface area contributed by atoms with Gasteiger partial charge in [0.2, 0.25) is 0 Å². The molecular formula is C24H26FN5O2. The van der Waals surface area contributed by atoms with Gasteiger partial charge in [0.25, 0.3) is 5.91 Å². The molecule has 1 amide bonds. The van der Waals surface area contributed by atoms with E-state index in [1.54, 1.807) is 18.5 Å². The average molecular weight is 436 g/mol. The number of hydrogen-bond donors (Lipinski definition) is 3. The fraction of sp³-hybridized carbons (Fsp3) is 0.333. The molecule has 0 radical (unpaired) electrons. The van der Waals surface area contributed by atoms with E-state index in [0.29, 0.717) is 23.5 Å². The van der Waals surface area contributed by atoms with E-state index in [0.717, 1.165) is 54.9 Å². The third-order valence-electron chi connectivity index (χ3n) is 5.70. The van der Waals surface area contributed by atoms with Crippen molar-refractivity contribution in [2.75, 3.05) is 5.32 Å². The van der Waals surface area contributed by atoms with Crippen LogP contribution < -0.4 is 10.6 Å². The molecule has 4 rings (SSSR count). The first-order valence-electron chi connectivity index (χ1n) is 10.7. The van der Waals surface area contributed by atoms with E-state index in [2.05, 4.69) is 25.6 Å². The molecule has 1 aliphatic carbocycles. The van der Waals surface area contributed by atoms with Crippen LogP contribution in [0.15, 0.2) is 49.1 Å². The van der Waals surface area contributed by atoms with Gasteiger partial charge in [-0.15, -0.1) is 0 Å².